The van der Waals surface area contributed by atoms with Crippen LogP contribution in [0.25, 0.3) is 10.8 Å². The van der Waals surface area contributed by atoms with Crippen molar-refractivity contribution in [2.45, 2.75) is 30.6 Å². The third kappa shape index (κ3) is 4.81. The summed E-state index contributed by atoms with van der Waals surface area (Å²) in [4.78, 5) is 26.2. The van der Waals surface area contributed by atoms with Crippen molar-refractivity contribution < 1.29 is 19.1 Å². The average molecular weight is 419 g/mol. The van der Waals surface area contributed by atoms with Crippen LogP contribution in [0.1, 0.15) is 19.4 Å². The largest absolute Gasteiger partial charge is 0.422 e. The number of carbonyl (C=O) groups is 2. The highest BCUT2D eigenvalue weighted by Gasteiger charge is 2.20. The van der Waals surface area contributed by atoms with Crippen LogP contribution in [0.2, 0.25) is 0 Å². The predicted octanol–water partition coefficient (Wildman–Crippen LogP) is 6.26. The molecular weight excluding hydrogens is 396 g/mol. The number of benzene rings is 3. The monoisotopic (exact) mass is 418 g/mol. The van der Waals surface area contributed by atoms with Crippen LogP contribution < -0.4 is 9.47 Å². The summed E-state index contributed by atoms with van der Waals surface area (Å²) in [5, 5.41) is 1.34. The molecule has 0 radical (unpaired) electrons. The quantitative estimate of drug-likeness (QED) is 0.269. The van der Waals surface area contributed by atoms with E-state index in [1.54, 1.807) is 19.9 Å². The third-order valence-corrected chi connectivity index (χ3v) is 5.27. The van der Waals surface area contributed by atoms with E-state index in [-0.39, 0.29) is 0 Å². The topological polar surface area (TPSA) is 52.6 Å². The molecule has 0 saturated carbocycles. The van der Waals surface area contributed by atoms with Gasteiger partial charge in [-0.25, -0.2) is 9.59 Å². The van der Waals surface area contributed by atoms with Crippen molar-refractivity contribution in [2.24, 2.45) is 0 Å². The highest BCUT2D eigenvalue weighted by atomic mass is 32.2. The van der Waals surface area contributed by atoms with Crippen molar-refractivity contribution >= 4 is 34.5 Å². The van der Waals surface area contributed by atoms with Crippen molar-refractivity contribution in [1.29, 1.82) is 0 Å². The van der Waals surface area contributed by atoms with Crippen molar-refractivity contribution in [3.8, 4) is 11.5 Å². The second kappa shape index (κ2) is 9.01. The molecule has 152 valence electrons. The molecule has 0 unspecified atom stereocenters. The van der Waals surface area contributed by atoms with E-state index in [0.29, 0.717) is 38.3 Å². The van der Waals surface area contributed by atoms with Gasteiger partial charge in [0.15, 0.2) is 5.75 Å². The Kier molecular flexibility index (Phi) is 6.43. The first-order chi connectivity index (χ1) is 14.3. The molecule has 0 aliphatic rings. The van der Waals surface area contributed by atoms with Crippen molar-refractivity contribution in [1.82, 2.24) is 0 Å². The van der Waals surface area contributed by atoms with E-state index in [9.17, 15) is 9.59 Å². The molecule has 4 nitrogen and oxygen atoms in total. The molecule has 0 aliphatic heterocycles. The zero-order chi connectivity index (χ0) is 21.8. The number of fused-ring (bicyclic) bond motifs is 1. The van der Waals surface area contributed by atoms with Gasteiger partial charge in [0.1, 0.15) is 5.75 Å². The SMILES string of the molecule is C=C(C)C(=O)Oc1cc(Sc2ccccc2)c(OC(=O)C(=C)C)c2ccc(C)cc12. The van der Waals surface area contributed by atoms with Gasteiger partial charge in [0.25, 0.3) is 0 Å². The summed E-state index contributed by atoms with van der Waals surface area (Å²) >= 11 is 1.42. The number of hydrogen-bond acceptors (Lipinski definition) is 5. The lowest BCUT2D eigenvalue weighted by atomic mass is 10.1. The fraction of sp³-hybridized carbons (Fsp3) is 0.120. The minimum absolute atomic E-state index is 0.295. The molecule has 3 aromatic carbocycles. The van der Waals surface area contributed by atoms with Crippen molar-refractivity contribution in [2.75, 3.05) is 0 Å². The van der Waals surface area contributed by atoms with Crippen LogP contribution in [-0.2, 0) is 9.59 Å². The van der Waals surface area contributed by atoms with E-state index >= 15 is 0 Å². The molecular formula is C25H22O4S. The summed E-state index contributed by atoms with van der Waals surface area (Å²) in [7, 11) is 0. The van der Waals surface area contributed by atoms with Gasteiger partial charge in [0.05, 0.1) is 4.90 Å². The summed E-state index contributed by atoms with van der Waals surface area (Å²) in [5.74, 6) is -0.240. The molecule has 5 heteroatoms. The molecule has 0 amide bonds. The van der Waals surface area contributed by atoms with Gasteiger partial charge in [-0.3, -0.25) is 0 Å². The summed E-state index contributed by atoms with van der Waals surface area (Å²) in [5.41, 5.74) is 1.57. The van der Waals surface area contributed by atoms with E-state index in [1.165, 1.54) is 11.8 Å². The van der Waals surface area contributed by atoms with Crippen LogP contribution in [0.3, 0.4) is 0 Å². The Labute approximate surface area is 180 Å². The third-order valence-electron chi connectivity index (χ3n) is 4.24. The fourth-order valence-corrected chi connectivity index (χ4v) is 3.66. The maximum atomic E-state index is 12.4. The fourth-order valence-electron chi connectivity index (χ4n) is 2.70. The van der Waals surface area contributed by atoms with Gasteiger partial charge >= 0.3 is 11.9 Å². The Morgan fingerprint density at radius 2 is 1.47 bits per heavy atom. The van der Waals surface area contributed by atoms with Crippen LogP contribution in [0, 0.1) is 6.92 Å². The molecule has 0 N–H and O–H groups in total. The molecule has 3 aromatic rings. The van der Waals surface area contributed by atoms with Crippen molar-refractivity contribution in [3.05, 3.63) is 84.5 Å². The number of rotatable bonds is 6. The lowest BCUT2D eigenvalue weighted by Gasteiger charge is -2.17. The van der Waals surface area contributed by atoms with E-state index in [0.717, 1.165) is 10.5 Å². The van der Waals surface area contributed by atoms with Crippen LogP contribution in [0.5, 0.6) is 11.5 Å². The molecule has 0 aromatic heterocycles. The minimum atomic E-state index is -0.515. The maximum absolute atomic E-state index is 12.4. The smallest absolute Gasteiger partial charge is 0.338 e. The second-order valence-corrected chi connectivity index (χ2v) is 8.12. The standard InChI is InChI=1S/C25H22O4S/c1-15(2)24(26)28-21-14-22(30-18-9-7-6-8-10-18)23(29-25(27)16(3)4)19-12-11-17(5)13-20(19)21/h6-14H,1,3H2,2,4-5H3. The van der Waals surface area contributed by atoms with Gasteiger partial charge in [-0.1, -0.05) is 60.8 Å². The van der Waals surface area contributed by atoms with Crippen LogP contribution >= 0.6 is 11.8 Å². The number of esters is 2. The summed E-state index contributed by atoms with van der Waals surface area (Å²) in [6.45, 7) is 12.5. The Hall–Kier alpha value is -3.31. The lowest BCUT2D eigenvalue weighted by molar-refractivity contribution is -0.131. The predicted molar refractivity (Wildman–Crippen MR) is 120 cm³/mol. The van der Waals surface area contributed by atoms with Crippen LogP contribution in [0.4, 0.5) is 0 Å². The molecule has 0 bridgehead atoms. The van der Waals surface area contributed by atoms with Crippen LogP contribution in [-0.4, -0.2) is 11.9 Å². The van der Waals surface area contributed by atoms with Gasteiger partial charge < -0.3 is 9.47 Å². The van der Waals surface area contributed by atoms with E-state index in [4.69, 9.17) is 9.47 Å². The number of aryl methyl sites for hydroxylation is 1. The molecule has 30 heavy (non-hydrogen) atoms. The average Bonchev–Trinajstić information content (AvgIpc) is 2.71. The van der Waals surface area contributed by atoms with Crippen LogP contribution in [0.15, 0.2) is 88.7 Å². The number of hydrogen-bond donors (Lipinski definition) is 0. The molecule has 0 aliphatic carbocycles. The van der Waals surface area contributed by atoms with Gasteiger partial charge in [0, 0.05) is 26.8 Å². The Bertz CT molecular complexity index is 1160. The highest BCUT2D eigenvalue weighted by molar-refractivity contribution is 7.99. The Morgan fingerprint density at radius 3 is 2.10 bits per heavy atom. The van der Waals surface area contributed by atoms with Gasteiger partial charge in [-0.2, -0.15) is 0 Å². The maximum Gasteiger partial charge on any atom is 0.338 e. The number of carbonyl (C=O) groups excluding carboxylic acids is 2. The van der Waals surface area contributed by atoms with Gasteiger partial charge in [0.2, 0.25) is 0 Å². The van der Waals surface area contributed by atoms with E-state index < -0.39 is 11.9 Å². The molecule has 0 spiro atoms. The molecule has 0 atom stereocenters. The molecule has 3 rings (SSSR count). The zero-order valence-corrected chi connectivity index (χ0v) is 18.0. The molecule has 0 heterocycles. The summed E-state index contributed by atoms with van der Waals surface area (Å²) in [6.07, 6.45) is 0. The summed E-state index contributed by atoms with van der Waals surface area (Å²) in [6, 6.07) is 17.1. The van der Waals surface area contributed by atoms with Gasteiger partial charge in [-0.05, 0) is 45.0 Å². The Balaban J connectivity index is 2.24. The minimum Gasteiger partial charge on any atom is -0.422 e. The first-order valence-electron chi connectivity index (χ1n) is 9.32. The first-order valence-corrected chi connectivity index (χ1v) is 10.1. The Morgan fingerprint density at radius 1 is 0.833 bits per heavy atom. The van der Waals surface area contributed by atoms with E-state index in [1.807, 2.05) is 55.5 Å². The molecule has 0 saturated heterocycles. The number of ether oxygens (including phenoxy) is 2. The normalized spacial score (nSPS) is 10.5. The molecule has 0 fully saturated rings. The summed E-state index contributed by atoms with van der Waals surface area (Å²) < 4.78 is 11.3. The zero-order valence-electron chi connectivity index (χ0n) is 17.2. The first kappa shape index (κ1) is 21.4. The van der Waals surface area contributed by atoms with Gasteiger partial charge in [-0.15, -0.1) is 0 Å². The van der Waals surface area contributed by atoms with Crippen molar-refractivity contribution in [3.63, 3.8) is 0 Å². The second-order valence-electron chi connectivity index (χ2n) is 7.01. The highest BCUT2D eigenvalue weighted by Crippen LogP contribution is 2.44. The van der Waals surface area contributed by atoms with E-state index in [2.05, 4.69) is 13.2 Å². The lowest BCUT2D eigenvalue weighted by Crippen LogP contribution is -2.11.